The van der Waals surface area contributed by atoms with Gasteiger partial charge in [0.05, 0.1) is 36.6 Å². The maximum absolute atomic E-state index is 14.6. The predicted octanol–water partition coefficient (Wildman–Crippen LogP) is 6.72. The Balaban J connectivity index is 1.51. The van der Waals surface area contributed by atoms with E-state index >= 15 is 0 Å². The van der Waals surface area contributed by atoms with Gasteiger partial charge >= 0.3 is 12.1 Å². The SMILES string of the molecule is CCC(C)C(C(CC(=O)N1CCC[C@H]1C(OC)C(C)C(=O)N[C@@]1(C(=O)OCc2ccccc2)C[C@@H]1c1ccccc1)OC)N(C)C(=O)C(NC(=O)C(C(C)C)N(C)C(=O)OC(C)(C)C)C(C)C. The maximum atomic E-state index is 14.6. The van der Waals surface area contributed by atoms with Crippen molar-refractivity contribution in [2.24, 2.45) is 23.7 Å². The van der Waals surface area contributed by atoms with Gasteiger partial charge in [0.25, 0.3) is 0 Å². The molecule has 372 valence electrons. The molecule has 2 aromatic carbocycles. The molecule has 10 atom stereocenters. The van der Waals surface area contributed by atoms with Gasteiger partial charge in [-0.2, -0.15) is 0 Å². The van der Waals surface area contributed by atoms with E-state index in [2.05, 4.69) is 10.6 Å². The summed E-state index contributed by atoms with van der Waals surface area (Å²) in [4.78, 5) is 88.9. The van der Waals surface area contributed by atoms with Crippen LogP contribution in [-0.2, 0) is 49.5 Å². The molecule has 2 N–H and O–H groups in total. The molecule has 1 saturated heterocycles. The highest BCUT2D eigenvalue weighted by Crippen LogP contribution is 2.52. The van der Waals surface area contributed by atoms with Crippen LogP contribution >= 0.6 is 0 Å². The molecular weight excluding hydrogens is 855 g/mol. The molecule has 7 unspecified atom stereocenters. The van der Waals surface area contributed by atoms with Gasteiger partial charge in [-0.1, -0.05) is 116 Å². The number of hydrogen-bond acceptors (Lipinski definition) is 10. The van der Waals surface area contributed by atoms with E-state index in [0.29, 0.717) is 32.2 Å². The minimum absolute atomic E-state index is 0.0550. The Morgan fingerprint density at radius 2 is 1.45 bits per heavy atom. The van der Waals surface area contributed by atoms with E-state index in [-0.39, 0.29) is 54.4 Å². The largest absolute Gasteiger partial charge is 0.459 e. The summed E-state index contributed by atoms with van der Waals surface area (Å²) in [5.41, 5.74) is -0.263. The van der Waals surface area contributed by atoms with Crippen LogP contribution in [0.2, 0.25) is 0 Å². The number of ether oxygens (including phenoxy) is 4. The summed E-state index contributed by atoms with van der Waals surface area (Å²) in [6.07, 6.45) is 0.213. The maximum Gasteiger partial charge on any atom is 0.410 e. The zero-order chi connectivity index (χ0) is 50.0. The van der Waals surface area contributed by atoms with E-state index in [1.54, 1.807) is 44.5 Å². The van der Waals surface area contributed by atoms with Gasteiger partial charge in [0.2, 0.25) is 23.6 Å². The number of nitrogens with one attached hydrogen (secondary N) is 2. The Morgan fingerprint density at radius 3 is 1.99 bits per heavy atom. The lowest BCUT2D eigenvalue weighted by molar-refractivity contribution is -0.152. The molecule has 2 aromatic rings. The lowest BCUT2D eigenvalue weighted by atomic mass is 9.89. The highest BCUT2D eigenvalue weighted by Gasteiger charge is 2.63. The van der Waals surface area contributed by atoms with Crippen LogP contribution in [0.3, 0.4) is 0 Å². The average Bonchev–Trinajstić information content (AvgIpc) is 3.81. The molecule has 4 rings (SSSR count). The van der Waals surface area contributed by atoms with Gasteiger partial charge < -0.3 is 39.4 Å². The molecule has 0 bridgehead atoms. The molecular formula is C52H79N5O10. The van der Waals surface area contributed by atoms with Crippen molar-refractivity contribution in [1.29, 1.82) is 0 Å². The van der Waals surface area contributed by atoms with Gasteiger partial charge in [0.15, 0.2) is 0 Å². The second-order valence-electron chi connectivity index (χ2n) is 20.3. The van der Waals surface area contributed by atoms with Crippen LogP contribution in [0.4, 0.5) is 4.79 Å². The van der Waals surface area contributed by atoms with Crippen LogP contribution in [0.5, 0.6) is 0 Å². The number of amides is 5. The Kier molecular flexibility index (Phi) is 19.4. The van der Waals surface area contributed by atoms with Gasteiger partial charge in [-0.3, -0.25) is 24.1 Å². The minimum atomic E-state index is -1.25. The third kappa shape index (κ3) is 13.6. The highest BCUT2D eigenvalue weighted by molar-refractivity contribution is 5.94. The third-order valence-electron chi connectivity index (χ3n) is 13.6. The average molecular weight is 934 g/mol. The van der Waals surface area contributed by atoms with Crippen LogP contribution in [0.15, 0.2) is 60.7 Å². The van der Waals surface area contributed by atoms with E-state index < -0.39 is 71.4 Å². The molecule has 0 radical (unpaired) electrons. The molecule has 0 spiro atoms. The van der Waals surface area contributed by atoms with Crippen molar-refractivity contribution >= 4 is 35.7 Å². The zero-order valence-electron chi connectivity index (χ0n) is 42.5. The predicted molar refractivity (Wildman–Crippen MR) is 256 cm³/mol. The first kappa shape index (κ1) is 54.6. The monoisotopic (exact) mass is 934 g/mol. The first-order chi connectivity index (χ1) is 31.5. The Bertz CT molecular complexity index is 1980. The Labute approximate surface area is 399 Å². The molecule has 5 amide bonds. The van der Waals surface area contributed by atoms with Crippen LogP contribution in [0.1, 0.15) is 118 Å². The van der Waals surface area contributed by atoms with E-state index in [9.17, 15) is 28.8 Å². The van der Waals surface area contributed by atoms with E-state index in [0.717, 1.165) is 11.1 Å². The van der Waals surface area contributed by atoms with Crippen LogP contribution in [-0.4, -0.2) is 133 Å². The minimum Gasteiger partial charge on any atom is -0.459 e. The number of nitrogens with zero attached hydrogens (tertiary/aromatic N) is 3. The van der Waals surface area contributed by atoms with Crippen molar-refractivity contribution in [1.82, 2.24) is 25.3 Å². The quantitative estimate of drug-likeness (QED) is 0.121. The third-order valence-corrected chi connectivity index (χ3v) is 13.6. The van der Waals surface area contributed by atoms with Gasteiger partial charge in [-0.05, 0) is 68.9 Å². The molecule has 0 aromatic heterocycles. The van der Waals surface area contributed by atoms with E-state index in [4.69, 9.17) is 18.9 Å². The molecule has 2 aliphatic rings. The number of rotatable bonds is 22. The van der Waals surface area contributed by atoms with Crippen molar-refractivity contribution in [2.75, 3.05) is 34.9 Å². The molecule has 1 saturated carbocycles. The van der Waals surface area contributed by atoms with Crippen molar-refractivity contribution < 1.29 is 47.7 Å². The molecule has 15 nitrogen and oxygen atoms in total. The van der Waals surface area contributed by atoms with Crippen molar-refractivity contribution in [2.45, 2.75) is 161 Å². The number of hydrogen-bond donors (Lipinski definition) is 2. The lowest BCUT2D eigenvalue weighted by Gasteiger charge is -2.41. The summed E-state index contributed by atoms with van der Waals surface area (Å²) in [5.74, 6) is -3.69. The van der Waals surface area contributed by atoms with Crippen LogP contribution < -0.4 is 10.6 Å². The second kappa shape index (κ2) is 23.8. The number of carbonyl (C=O) groups excluding carboxylic acids is 6. The van der Waals surface area contributed by atoms with Gasteiger partial charge in [0, 0.05) is 40.8 Å². The molecule has 1 aliphatic heterocycles. The molecule has 1 heterocycles. The summed E-state index contributed by atoms with van der Waals surface area (Å²) in [5, 5.41) is 6.04. The van der Waals surface area contributed by atoms with E-state index in [1.807, 2.05) is 102 Å². The first-order valence-electron chi connectivity index (χ1n) is 24.0. The number of likely N-dealkylation sites (N-methyl/N-ethyl adjacent to an activating group) is 2. The smallest absolute Gasteiger partial charge is 0.410 e. The Hall–Kier alpha value is -5.02. The Morgan fingerprint density at radius 1 is 0.836 bits per heavy atom. The fourth-order valence-corrected chi connectivity index (χ4v) is 9.60. The molecule has 1 aliphatic carbocycles. The second-order valence-corrected chi connectivity index (χ2v) is 20.3. The summed E-state index contributed by atoms with van der Waals surface area (Å²) in [6.45, 7) is 18.9. The van der Waals surface area contributed by atoms with Crippen molar-refractivity contribution in [3.63, 3.8) is 0 Å². The molecule has 2 fully saturated rings. The topological polar surface area (TPSA) is 173 Å². The number of benzene rings is 2. The summed E-state index contributed by atoms with van der Waals surface area (Å²) in [7, 11) is 6.25. The van der Waals surface area contributed by atoms with Gasteiger partial charge in [-0.15, -0.1) is 0 Å². The van der Waals surface area contributed by atoms with Crippen molar-refractivity contribution in [3.8, 4) is 0 Å². The summed E-state index contributed by atoms with van der Waals surface area (Å²) in [6, 6.07) is 16.1. The summed E-state index contributed by atoms with van der Waals surface area (Å²) >= 11 is 0. The number of carbonyl (C=O) groups is 6. The lowest BCUT2D eigenvalue weighted by Crippen LogP contribution is -2.60. The van der Waals surface area contributed by atoms with Gasteiger partial charge in [0.1, 0.15) is 29.8 Å². The fourth-order valence-electron chi connectivity index (χ4n) is 9.60. The van der Waals surface area contributed by atoms with Crippen LogP contribution in [0, 0.1) is 23.7 Å². The summed E-state index contributed by atoms with van der Waals surface area (Å²) < 4.78 is 23.5. The number of likely N-dealkylation sites (tertiary alicyclic amines) is 1. The number of methoxy groups -OCH3 is 2. The fraction of sp³-hybridized carbons (Fsp3) is 0.654. The standard InChI is InChI=1S/C52H79N5O10/c1-15-34(6)44(55(11)48(61)42(32(2)3)53-47(60)43(33(4)5)56(12)50(63)67-51(8,9)10)40(64-13)29-41(58)57-28-22-27-39(57)45(65-14)35(7)46(59)54-52(30-38(52)37-25-20-17-21-26-37)49(62)66-31-36-23-18-16-19-24-36/h16-21,23-26,32-35,38-40,42-45H,15,22,27-31H2,1-14H3,(H,53,60)(H,54,59)/t34?,35?,38-,39+,40?,42?,43?,44?,45?,52+/m1/s1. The molecule has 15 heteroatoms. The van der Waals surface area contributed by atoms with E-state index in [1.165, 1.54) is 26.2 Å². The van der Waals surface area contributed by atoms with Gasteiger partial charge in [-0.25, -0.2) is 9.59 Å². The normalized spacial score (nSPS) is 21.3. The number of esters is 1. The zero-order valence-corrected chi connectivity index (χ0v) is 42.5. The van der Waals surface area contributed by atoms with Crippen LogP contribution in [0.25, 0.3) is 0 Å². The first-order valence-corrected chi connectivity index (χ1v) is 24.0. The highest BCUT2D eigenvalue weighted by atomic mass is 16.6. The van der Waals surface area contributed by atoms with Crippen molar-refractivity contribution in [3.05, 3.63) is 71.8 Å². The molecule has 67 heavy (non-hydrogen) atoms.